The Labute approximate surface area is 168 Å². The minimum Gasteiger partial charge on any atom is -0.473 e. The monoisotopic (exact) mass is 390 g/mol. The number of anilines is 1. The quantitative estimate of drug-likeness (QED) is 0.670. The summed E-state index contributed by atoms with van der Waals surface area (Å²) in [5.41, 5.74) is 4.46. The van der Waals surface area contributed by atoms with Gasteiger partial charge in [0.05, 0.1) is 0 Å². The number of amides is 2. The fourth-order valence-electron chi connectivity index (χ4n) is 3.35. The van der Waals surface area contributed by atoms with Crippen LogP contribution in [0.3, 0.4) is 0 Å². The third-order valence-corrected chi connectivity index (χ3v) is 5.07. The highest BCUT2D eigenvalue weighted by atomic mass is 16.5. The molecule has 148 valence electrons. The van der Waals surface area contributed by atoms with Crippen LogP contribution in [-0.4, -0.2) is 39.8 Å². The van der Waals surface area contributed by atoms with Gasteiger partial charge in [-0.15, -0.1) is 0 Å². The van der Waals surface area contributed by atoms with E-state index >= 15 is 0 Å². The Morgan fingerprint density at radius 3 is 2.97 bits per heavy atom. The zero-order valence-corrected chi connectivity index (χ0v) is 16.5. The molecule has 0 bridgehead atoms. The van der Waals surface area contributed by atoms with Crippen molar-refractivity contribution in [2.45, 2.75) is 26.5 Å². The first-order valence-corrected chi connectivity index (χ1v) is 9.35. The lowest BCUT2D eigenvalue weighted by atomic mass is 10.0. The number of H-pyrrole nitrogens is 1. The Bertz CT molecular complexity index is 1130. The van der Waals surface area contributed by atoms with Gasteiger partial charge < -0.3 is 19.9 Å². The number of carbonyl (C=O) groups is 2. The second-order valence-corrected chi connectivity index (χ2v) is 7.23. The molecule has 2 N–H and O–H groups in total. The summed E-state index contributed by atoms with van der Waals surface area (Å²) < 4.78 is 5.63. The molecule has 29 heavy (non-hydrogen) atoms. The number of nitrogens with zero attached hydrogens (tertiary/aromatic N) is 2. The van der Waals surface area contributed by atoms with Crippen molar-refractivity contribution in [1.29, 1.82) is 0 Å². The van der Waals surface area contributed by atoms with E-state index in [4.69, 9.17) is 4.74 Å². The zero-order chi connectivity index (χ0) is 20.5. The van der Waals surface area contributed by atoms with Crippen LogP contribution in [0.25, 0.3) is 10.9 Å². The lowest BCUT2D eigenvalue weighted by Gasteiger charge is -2.23. The van der Waals surface area contributed by atoms with Crippen LogP contribution in [-0.2, 0) is 16.1 Å². The first-order chi connectivity index (χ1) is 13.9. The fourth-order valence-corrected chi connectivity index (χ4v) is 3.35. The molecule has 0 aliphatic carbocycles. The van der Waals surface area contributed by atoms with Crippen molar-refractivity contribution in [3.63, 3.8) is 0 Å². The third-order valence-electron chi connectivity index (χ3n) is 5.07. The normalized spacial score (nSPS) is 15.8. The number of hydrogen-bond donors (Lipinski definition) is 2. The number of aromatic amines is 1. The Morgan fingerprint density at radius 2 is 2.14 bits per heavy atom. The molecule has 0 spiro atoms. The molecule has 1 atom stereocenters. The number of aryl methyl sites for hydroxylation is 2. The maximum absolute atomic E-state index is 12.6. The summed E-state index contributed by atoms with van der Waals surface area (Å²) in [5, 5.41) is 3.83. The van der Waals surface area contributed by atoms with Crippen molar-refractivity contribution in [3.05, 3.63) is 65.5 Å². The molecule has 1 aliphatic rings. The summed E-state index contributed by atoms with van der Waals surface area (Å²) in [7, 11) is 1.74. The van der Waals surface area contributed by atoms with Gasteiger partial charge in [-0.2, -0.15) is 0 Å². The van der Waals surface area contributed by atoms with Gasteiger partial charge in [-0.05, 0) is 60.9 Å². The van der Waals surface area contributed by atoms with Crippen LogP contribution in [0.2, 0.25) is 0 Å². The van der Waals surface area contributed by atoms with Crippen molar-refractivity contribution in [3.8, 4) is 5.75 Å². The van der Waals surface area contributed by atoms with Gasteiger partial charge in [-0.3, -0.25) is 9.59 Å². The number of fused-ring (bicyclic) bond motifs is 2. The van der Waals surface area contributed by atoms with Gasteiger partial charge in [0.25, 0.3) is 5.91 Å². The van der Waals surface area contributed by atoms with Gasteiger partial charge in [0.2, 0.25) is 5.91 Å². The Kier molecular flexibility index (Phi) is 4.80. The molecule has 1 unspecified atom stereocenters. The number of aromatic nitrogens is 2. The molecule has 3 aromatic rings. The molecule has 0 radical (unpaired) electrons. The number of nitrogens with one attached hydrogen (secondary N) is 2. The molecule has 7 nitrogen and oxygen atoms in total. The molecule has 7 heteroatoms. The van der Waals surface area contributed by atoms with E-state index in [-0.39, 0.29) is 11.8 Å². The number of ether oxygens (including phenoxy) is 1. The molecule has 4 rings (SSSR count). The number of pyridine rings is 1. The fraction of sp³-hybridized carbons (Fsp3) is 0.227. The summed E-state index contributed by atoms with van der Waals surface area (Å²) in [4.78, 5) is 33.6. The van der Waals surface area contributed by atoms with Crippen molar-refractivity contribution in [2.24, 2.45) is 0 Å². The minimum atomic E-state index is -0.871. The minimum absolute atomic E-state index is 0.205. The first kappa shape index (κ1) is 18.7. The van der Waals surface area contributed by atoms with E-state index in [0.29, 0.717) is 18.1 Å². The predicted molar refractivity (Wildman–Crippen MR) is 111 cm³/mol. The van der Waals surface area contributed by atoms with Gasteiger partial charge in [0.15, 0.2) is 17.7 Å². The van der Waals surface area contributed by atoms with Crippen LogP contribution in [0.5, 0.6) is 5.75 Å². The van der Waals surface area contributed by atoms with E-state index in [1.54, 1.807) is 30.3 Å². The van der Waals surface area contributed by atoms with E-state index in [2.05, 4.69) is 34.3 Å². The van der Waals surface area contributed by atoms with Crippen molar-refractivity contribution >= 4 is 28.5 Å². The van der Waals surface area contributed by atoms with Crippen LogP contribution in [0.1, 0.15) is 16.7 Å². The number of benzene rings is 1. The Hall–Kier alpha value is -3.61. The molecule has 2 amide bonds. The smallest absolute Gasteiger partial charge is 0.270 e. The van der Waals surface area contributed by atoms with Crippen molar-refractivity contribution < 1.29 is 14.3 Å². The topological polar surface area (TPSA) is 87.3 Å². The van der Waals surface area contributed by atoms with Crippen molar-refractivity contribution in [1.82, 2.24) is 14.9 Å². The van der Waals surface area contributed by atoms with Gasteiger partial charge in [0, 0.05) is 43.0 Å². The molecule has 1 aromatic carbocycles. The summed E-state index contributed by atoms with van der Waals surface area (Å²) >= 11 is 0. The number of likely N-dealkylation sites (N-methyl/N-ethyl adjacent to an activating group) is 1. The van der Waals surface area contributed by atoms with E-state index in [1.807, 2.05) is 13.1 Å². The number of carbonyl (C=O) groups excluding carboxylic acids is 2. The Morgan fingerprint density at radius 1 is 1.31 bits per heavy atom. The zero-order valence-electron chi connectivity index (χ0n) is 16.5. The second-order valence-electron chi connectivity index (χ2n) is 7.23. The molecule has 0 saturated carbocycles. The standard InChI is InChI=1S/C22H22N4O3/c1-13-9-17-16(14(2)11-24-17)10-15(13)12-26(3)20(27)7-6-19-22(28)25-21-18(29-19)5-4-8-23-21/h4-11,19,24H,12H2,1-3H3,(H,23,25,28). The highest BCUT2D eigenvalue weighted by Crippen LogP contribution is 2.27. The number of hydrogen-bond acceptors (Lipinski definition) is 4. The molecule has 0 saturated heterocycles. The average molecular weight is 390 g/mol. The van der Waals surface area contributed by atoms with Crippen LogP contribution in [0.15, 0.2) is 48.8 Å². The van der Waals surface area contributed by atoms with Gasteiger partial charge >= 0.3 is 0 Å². The van der Waals surface area contributed by atoms with Crippen LogP contribution < -0.4 is 10.1 Å². The average Bonchev–Trinajstić information content (AvgIpc) is 3.06. The molecule has 3 heterocycles. The second kappa shape index (κ2) is 7.43. The molecular weight excluding hydrogens is 368 g/mol. The summed E-state index contributed by atoms with van der Waals surface area (Å²) in [6.45, 7) is 4.56. The predicted octanol–water partition coefficient (Wildman–Crippen LogP) is 3.09. The number of rotatable bonds is 4. The third kappa shape index (κ3) is 3.71. The molecule has 2 aromatic heterocycles. The van der Waals surface area contributed by atoms with E-state index < -0.39 is 6.10 Å². The Balaban J connectivity index is 1.45. The highest BCUT2D eigenvalue weighted by molar-refractivity contribution is 5.99. The summed E-state index contributed by atoms with van der Waals surface area (Å²) in [6, 6.07) is 7.66. The van der Waals surface area contributed by atoms with E-state index in [0.717, 1.165) is 22.0 Å². The van der Waals surface area contributed by atoms with Crippen LogP contribution >= 0.6 is 0 Å². The maximum Gasteiger partial charge on any atom is 0.270 e. The molecule has 1 aliphatic heterocycles. The molecule has 0 fully saturated rings. The van der Waals surface area contributed by atoms with Gasteiger partial charge in [-0.1, -0.05) is 0 Å². The first-order valence-electron chi connectivity index (χ1n) is 9.35. The van der Waals surface area contributed by atoms with Crippen LogP contribution in [0.4, 0.5) is 5.82 Å². The lowest BCUT2D eigenvalue weighted by molar-refractivity contribution is -0.125. The maximum atomic E-state index is 12.6. The SMILES string of the molecule is Cc1cc2[nH]cc(C)c2cc1CN(C)C(=O)C=CC1Oc2cccnc2NC1=O. The van der Waals surface area contributed by atoms with Gasteiger partial charge in [-0.25, -0.2) is 4.98 Å². The van der Waals surface area contributed by atoms with Crippen LogP contribution in [0, 0.1) is 13.8 Å². The van der Waals surface area contributed by atoms with Gasteiger partial charge in [0.1, 0.15) is 0 Å². The van der Waals surface area contributed by atoms with Crippen molar-refractivity contribution in [2.75, 3.05) is 12.4 Å². The van der Waals surface area contributed by atoms with E-state index in [1.165, 1.54) is 17.7 Å². The van der Waals surface area contributed by atoms with E-state index in [9.17, 15) is 9.59 Å². The lowest BCUT2D eigenvalue weighted by Crippen LogP contribution is -2.36. The summed E-state index contributed by atoms with van der Waals surface area (Å²) in [5.74, 6) is 0.306. The molecular formula is C22H22N4O3. The highest BCUT2D eigenvalue weighted by Gasteiger charge is 2.26. The summed E-state index contributed by atoms with van der Waals surface area (Å²) in [6.07, 6.45) is 5.53. The largest absolute Gasteiger partial charge is 0.473 e.